The van der Waals surface area contributed by atoms with E-state index in [-0.39, 0.29) is 24.5 Å². The summed E-state index contributed by atoms with van der Waals surface area (Å²) in [5.74, 6) is 1.93. The lowest BCUT2D eigenvalue weighted by Crippen LogP contribution is -2.33. The highest BCUT2D eigenvalue weighted by Gasteiger charge is 2.17. The zero-order valence-electron chi connectivity index (χ0n) is 12.9. The normalized spacial score (nSPS) is 13.8. The summed E-state index contributed by atoms with van der Waals surface area (Å²) in [6.07, 6.45) is 0.894. The van der Waals surface area contributed by atoms with Crippen molar-refractivity contribution in [2.75, 3.05) is 12.5 Å². The van der Waals surface area contributed by atoms with Crippen LogP contribution in [-0.2, 0) is 4.79 Å². The molecule has 0 radical (unpaired) electrons. The summed E-state index contributed by atoms with van der Waals surface area (Å²) in [5.41, 5.74) is 0.748. The summed E-state index contributed by atoms with van der Waals surface area (Å²) in [4.78, 5) is 11.7. The molecule has 1 aliphatic rings. The van der Waals surface area contributed by atoms with E-state index < -0.39 is 0 Å². The molecule has 3 rings (SSSR count). The van der Waals surface area contributed by atoms with E-state index in [4.69, 9.17) is 13.9 Å². The van der Waals surface area contributed by atoms with Gasteiger partial charge in [-0.25, -0.2) is 0 Å². The number of amides is 1. The predicted molar refractivity (Wildman–Crippen MR) is 84.5 cm³/mol. The number of hydrogen-bond acceptors (Lipinski definition) is 7. The maximum Gasteiger partial charge on any atom is 0.277 e. The molecule has 0 bridgehead atoms. The monoisotopic (exact) mass is 335 g/mol. The third-order valence-electron chi connectivity index (χ3n) is 3.37. The van der Waals surface area contributed by atoms with Gasteiger partial charge in [-0.1, -0.05) is 18.7 Å². The highest BCUT2D eigenvalue weighted by Crippen LogP contribution is 2.35. The van der Waals surface area contributed by atoms with Gasteiger partial charge in [0.15, 0.2) is 11.5 Å². The molecule has 2 heterocycles. The Hall–Kier alpha value is -2.22. The Labute approximate surface area is 137 Å². The molecule has 1 amide bonds. The Kier molecular flexibility index (Phi) is 4.71. The van der Waals surface area contributed by atoms with Crippen LogP contribution in [0.2, 0.25) is 0 Å². The minimum Gasteiger partial charge on any atom is -0.454 e. The highest BCUT2D eigenvalue weighted by atomic mass is 32.2. The van der Waals surface area contributed by atoms with Gasteiger partial charge >= 0.3 is 0 Å². The van der Waals surface area contributed by atoms with Crippen LogP contribution in [0.1, 0.15) is 20.3 Å². The van der Waals surface area contributed by atoms with Gasteiger partial charge in [0.1, 0.15) is 0 Å². The van der Waals surface area contributed by atoms with E-state index >= 15 is 0 Å². The van der Waals surface area contributed by atoms with Gasteiger partial charge in [0.25, 0.3) is 5.22 Å². The second-order valence-electron chi connectivity index (χ2n) is 5.11. The molecule has 0 aliphatic carbocycles. The summed E-state index contributed by atoms with van der Waals surface area (Å²) in [7, 11) is 0. The molecule has 1 aromatic heterocycles. The Morgan fingerprint density at radius 3 is 3.00 bits per heavy atom. The van der Waals surface area contributed by atoms with E-state index in [1.807, 2.05) is 19.9 Å². The van der Waals surface area contributed by atoms with E-state index in [9.17, 15) is 4.79 Å². The summed E-state index contributed by atoms with van der Waals surface area (Å²) in [6.45, 7) is 4.20. The molecule has 1 N–H and O–H groups in total. The number of ether oxygens (including phenoxy) is 2. The van der Waals surface area contributed by atoms with Crippen LogP contribution in [0.4, 0.5) is 0 Å². The molecule has 122 valence electrons. The van der Waals surface area contributed by atoms with Crippen molar-refractivity contribution in [1.82, 2.24) is 15.5 Å². The quantitative estimate of drug-likeness (QED) is 0.811. The van der Waals surface area contributed by atoms with Gasteiger partial charge in [-0.05, 0) is 31.5 Å². The average Bonchev–Trinajstić information content (AvgIpc) is 3.21. The third-order valence-corrected chi connectivity index (χ3v) is 4.19. The van der Waals surface area contributed by atoms with Gasteiger partial charge in [0.05, 0.1) is 5.75 Å². The maximum absolute atomic E-state index is 11.7. The summed E-state index contributed by atoms with van der Waals surface area (Å²) in [6, 6.07) is 5.58. The van der Waals surface area contributed by atoms with E-state index in [0.29, 0.717) is 22.6 Å². The molecule has 23 heavy (non-hydrogen) atoms. The zero-order valence-corrected chi connectivity index (χ0v) is 13.7. The molecule has 8 heteroatoms. The van der Waals surface area contributed by atoms with Crippen LogP contribution in [0.25, 0.3) is 11.5 Å². The van der Waals surface area contributed by atoms with Crippen molar-refractivity contribution in [2.24, 2.45) is 0 Å². The molecular weight excluding hydrogens is 318 g/mol. The smallest absolute Gasteiger partial charge is 0.277 e. The minimum absolute atomic E-state index is 0.0489. The van der Waals surface area contributed by atoms with Gasteiger partial charge < -0.3 is 19.2 Å². The fraction of sp³-hybridized carbons (Fsp3) is 0.400. The second kappa shape index (κ2) is 6.91. The number of nitrogens with one attached hydrogen (secondary N) is 1. The summed E-state index contributed by atoms with van der Waals surface area (Å²) < 4.78 is 16.2. The fourth-order valence-corrected chi connectivity index (χ4v) is 2.53. The molecule has 7 nitrogen and oxygen atoms in total. The molecule has 0 saturated carbocycles. The van der Waals surface area contributed by atoms with Crippen LogP contribution >= 0.6 is 11.8 Å². The Balaban J connectivity index is 1.61. The molecule has 0 spiro atoms. The number of hydrogen-bond donors (Lipinski definition) is 1. The fourth-order valence-electron chi connectivity index (χ4n) is 1.96. The number of thioether (sulfide) groups is 1. The van der Waals surface area contributed by atoms with Gasteiger partial charge in [-0.3, -0.25) is 4.79 Å². The zero-order chi connectivity index (χ0) is 16.2. The predicted octanol–water partition coefficient (Wildman–Crippen LogP) is 2.47. The molecule has 0 unspecified atom stereocenters. The molecule has 0 fully saturated rings. The first kappa shape index (κ1) is 15.7. The number of benzene rings is 1. The van der Waals surface area contributed by atoms with Gasteiger partial charge in [-0.15, -0.1) is 10.2 Å². The Morgan fingerprint density at radius 2 is 2.17 bits per heavy atom. The lowest BCUT2D eigenvalue weighted by Gasteiger charge is -2.09. The van der Waals surface area contributed by atoms with Crippen molar-refractivity contribution in [1.29, 1.82) is 0 Å². The maximum atomic E-state index is 11.7. The largest absolute Gasteiger partial charge is 0.454 e. The minimum atomic E-state index is -0.0489. The Morgan fingerprint density at radius 1 is 1.35 bits per heavy atom. The number of rotatable bonds is 6. The van der Waals surface area contributed by atoms with Crippen LogP contribution in [0.15, 0.2) is 27.8 Å². The van der Waals surface area contributed by atoms with Gasteiger partial charge in [0, 0.05) is 11.6 Å². The summed E-state index contributed by atoms with van der Waals surface area (Å²) >= 11 is 1.21. The van der Waals surface area contributed by atoms with E-state index in [2.05, 4.69) is 15.5 Å². The van der Waals surface area contributed by atoms with Crippen LogP contribution in [0.5, 0.6) is 11.5 Å². The van der Waals surface area contributed by atoms with E-state index in [1.54, 1.807) is 12.1 Å². The topological polar surface area (TPSA) is 86.5 Å². The third kappa shape index (κ3) is 3.76. The number of fused-ring (bicyclic) bond motifs is 1. The van der Waals surface area contributed by atoms with E-state index in [0.717, 1.165) is 12.0 Å². The number of carbonyl (C=O) groups is 1. The standard InChI is InChI=1S/C15H17N3O4S/c1-3-9(2)16-13(19)7-23-15-18-17-14(22-15)10-4-5-11-12(6-10)21-8-20-11/h4-6,9H,3,7-8H2,1-2H3,(H,16,19)/t9-/m0/s1. The van der Waals surface area contributed by atoms with Crippen LogP contribution in [0, 0.1) is 0 Å². The van der Waals surface area contributed by atoms with Crippen molar-refractivity contribution in [2.45, 2.75) is 31.5 Å². The van der Waals surface area contributed by atoms with Crippen LogP contribution < -0.4 is 14.8 Å². The van der Waals surface area contributed by atoms with Crippen molar-refractivity contribution in [3.63, 3.8) is 0 Å². The molecule has 1 aromatic carbocycles. The molecular formula is C15H17N3O4S. The lowest BCUT2D eigenvalue weighted by atomic mass is 10.2. The second-order valence-corrected chi connectivity index (χ2v) is 6.03. The average molecular weight is 335 g/mol. The van der Waals surface area contributed by atoms with Crippen molar-refractivity contribution in [3.05, 3.63) is 18.2 Å². The SMILES string of the molecule is CC[C@H](C)NC(=O)CSc1nnc(-c2ccc3c(c2)OCO3)o1. The highest BCUT2D eigenvalue weighted by molar-refractivity contribution is 7.99. The molecule has 0 saturated heterocycles. The van der Waals surface area contributed by atoms with E-state index in [1.165, 1.54) is 11.8 Å². The van der Waals surface area contributed by atoms with Crippen molar-refractivity contribution in [3.8, 4) is 23.0 Å². The lowest BCUT2D eigenvalue weighted by molar-refractivity contribution is -0.119. The van der Waals surface area contributed by atoms with Crippen molar-refractivity contribution < 1.29 is 18.7 Å². The first-order valence-electron chi connectivity index (χ1n) is 7.31. The number of aromatic nitrogens is 2. The van der Waals surface area contributed by atoms with Crippen LogP contribution in [-0.4, -0.2) is 34.7 Å². The van der Waals surface area contributed by atoms with Gasteiger partial charge in [-0.2, -0.15) is 0 Å². The molecule has 1 atom stereocenters. The number of carbonyl (C=O) groups excluding carboxylic acids is 1. The Bertz CT molecular complexity index is 704. The first-order valence-corrected chi connectivity index (χ1v) is 8.30. The van der Waals surface area contributed by atoms with Gasteiger partial charge in [0.2, 0.25) is 18.6 Å². The molecule has 1 aliphatic heterocycles. The number of nitrogens with zero attached hydrogens (tertiary/aromatic N) is 2. The first-order chi connectivity index (χ1) is 11.2. The summed E-state index contributed by atoms with van der Waals surface area (Å²) in [5, 5.41) is 11.2. The van der Waals surface area contributed by atoms with Crippen LogP contribution in [0.3, 0.4) is 0 Å². The molecule has 2 aromatic rings. The van der Waals surface area contributed by atoms with Crippen molar-refractivity contribution >= 4 is 17.7 Å².